The van der Waals surface area contributed by atoms with Crippen LogP contribution in [0.2, 0.25) is 0 Å². The number of carbonyl (C=O) groups excluding carboxylic acids is 1. The average molecular weight is 364 g/mol. The lowest BCUT2D eigenvalue weighted by Gasteiger charge is -2.04. The molecule has 0 atom stereocenters. The van der Waals surface area contributed by atoms with Crippen LogP contribution >= 0.6 is 0 Å². The highest BCUT2D eigenvalue weighted by Crippen LogP contribution is 2.10. The fraction of sp³-hybridized carbons (Fsp3) is 0.739. The predicted molar refractivity (Wildman–Crippen MR) is 108 cm³/mol. The highest BCUT2D eigenvalue weighted by molar-refractivity contribution is 5.60. The minimum Gasteiger partial charge on any atom is -0.550 e. The van der Waals surface area contributed by atoms with Gasteiger partial charge in [0.05, 0.1) is 0 Å². The van der Waals surface area contributed by atoms with Gasteiger partial charge in [0, 0.05) is 30.9 Å². The summed E-state index contributed by atoms with van der Waals surface area (Å²) in [5, 5.41) is 8.89. The lowest BCUT2D eigenvalue weighted by Crippen LogP contribution is -2.37. The maximum atomic E-state index is 8.89. The molecule has 0 aromatic carbocycles. The van der Waals surface area contributed by atoms with E-state index < -0.39 is 5.97 Å². The molecule has 150 valence electrons. The van der Waals surface area contributed by atoms with Gasteiger partial charge in [0.1, 0.15) is 6.54 Å². The van der Waals surface area contributed by atoms with Crippen LogP contribution < -0.4 is 9.67 Å². The molecule has 3 nitrogen and oxygen atoms in total. The van der Waals surface area contributed by atoms with E-state index in [2.05, 4.69) is 42.8 Å². The predicted octanol–water partition coefficient (Wildman–Crippen LogP) is 4.99. The van der Waals surface area contributed by atoms with Gasteiger partial charge in [-0.2, -0.15) is 0 Å². The molecule has 26 heavy (non-hydrogen) atoms. The molecule has 0 aliphatic heterocycles. The number of carboxylic acids is 1. The van der Waals surface area contributed by atoms with Crippen molar-refractivity contribution in [2.45, 2.75) is 111 Å². The zero-order valence-corrected chi connectivity index (χ0v) is 17.5. The number of carbonyl (C=O) groups is 1. The Bertz CT molecular complexity index is 442. The fourth-order valence-electron chi connectivity index (χ4n) is 3.08. The molecule has 0 saturated heterocycles. The molecule has 0 saturated carbocycles. The van der Waals surface area contributed by atoms with Crippen molar-refractivity contribution in [3.63, 3.8) is 0 Å². The first-order chi connectivity index (χ1) is 12.6. The van der Waals surface area contributed by atoms with Crippen molar-refractivity contribution in [2.75, 3.05) is 0 Å². The van der Waals surface area contributed by atoms with Gasteiger partial charge in [0.25, 0.3) is 0 Å². The number of rotatable bonds is 14. The number of aromatic nitrogens is 1. The second kappa shape index (κ2) is 18.4. The lowest BCUT2D eigenvalue weighted by molar-refractivity contribution is -0.704. The van der Waals surface area contributed by atoms with Crippen LogP contribution in [0.15, 0.2) is 24.4 Å². The highest BCUT2D eigenvalue weighted by Gasteiger charge is 2.08. The Morgan fingerprint density at radius 2 is 1.35 bits per heavy atom. The summed E-state index contributed by atoms with van der Waals surface area (Å²) in [6.07, 6.45) is 20.3. The standard InChI is InChI=1S/C21H38N.C2H4O2/c1-3-5-7-8-9-10-11-12-13-15-19-22-20-16-14-18-21(22)17-6-4-2;1-2(3)4/h14,16,18,20H,3-13,15,17,19H2,1-2H3;1H3,(H,3,4)/q+1;/p-1. The summed E-state index contributed by atoms with van der Waals surface area (Å²) in [4.78, 5) is 8.89. The number of nitrogens with zero attached hydrogens (tertiary/aromatic N) is 1. The summed E-state index contributed by atoms with van der Waals surface area (Å²) in [5.41, 5.74) is 1.51. The van der Waals surface area contributed by atoms with Crippen LogP contribution in [0.5, 0.6) is 0 Å². The molecular formula is C23H41NO2. The Morgan fingerprint density at radius 1 is 0.846 bits per heavy atom. The van der Waals surface area contributed by atoms with Crippen molar-refractivity contribution < 1.29 is 14.5 Å². The van der Waals surface area contributed by atoms with Crippen LogP contribution in [0.25, 0.3) is 0 Å². The summed E-state index contributed by atoms with van der Waals surface area (Å²) in [7, 11) is 0. The quantitative estimate of drug-likeness (QED) is 0.345. The number of aryl methyl sites for hydroxylation is 2. The van der Waals surface area contributed by atoms with Crippen LogP contribution in [0.4, 0.5) is 0 Å². The Balaban J connectivity index is 0.00000141. The van der Waals surface area contributed by atoms with Crippen molar-refractivity contribution in [2.24, 2.45) is 0 Å². The molecule has 0 spiro atoms. The molecule has 1 aromatic heterocycles. The van der Waals surface area contributed by atoms with Crippen molar-refractivity contribution in [1.29, 1.82) is 0 Å². The molecular weight excluding hydrogens is 322 g/mol. The van der Waals surface area contributed by atoms with E-state index in [0.717, 1.165) is 6.92 Å². The van der Waals surface area contributed by atoms with Crippen LogP contribution in [0, 0.1) is 0 Å². The van der Waals surface area contributed by atoms with Gasteiger partial charge >= 0.3 is 0 Å². The Labute approximate surface area is 161 Å². The van der Waals surface area contributed by atoms with Crippen molar-refractivity contribution in [3.05, 3.63) is 30.1 Å². The maximum Gasteiger partial charge on any atom is 0.181 e. The van der Waals surface area contributed by atoms with E-state index in [9.17, 15) is 0 Å². The maximum absolute atomic E-state index is 8.89. The number of pyridine rings is 1. The third-order valence-electron chi connectivity index (χ3n) is 4.57. The van der Waals surface area contributed by atoms with Gasteiger partial charge in [-0.25, -0.2) is 4.57 Å². The summed E-state index contributed by atoms with van der Waals surface area (Å²) in [6.45, 7) is 6.74. The molecule has 0 amide bonds. The van der Waals surface area contributed by atoms with E-state index in [1.807, 2.05) is 0 Å². The normalized spacial score (nSPS) is 10.3. The Morgan fingerprint density at radius 3 is 1.88 bits per heavy atom. The molecule has 0 radical (unpaired) electrons. The summed E-state index contributed by atoms with van der Waals surface area (Å²) in [5.74, 6) is -1.08. The van der Waals surface area contributed by atoms with Crippen LogP contribution in [0.1, 0.15) is 104 Å². The third kappa shape index (κ3) is 16.1. The van der Waals surface area contributed by atoms with E-state index in [-0.39, 0.29) is 0 Å². The molecule has 0 fully saturated rings. The van der Waals surface area contributed by atoms with Crippen molar-refractivity contribution in [1.82, 2.24) is 0 Å². The zero-order chi connectivity index (χ0) is 19.5. The summed E-state index contributed by atoms with van der Waals surface area (Å²) < 4.78 is 2.47. The van der Waals surface area contributed by atoms with Gasteiger partial charge in [0.15, 0.2) is 11.9 Å². The van der Waals surface area contributed by atoms with E-state index >= 15 is 0 Å². The molecule has 0 N–H and O–H groups in total. The third-order valence-corrected chi connectivity index (χ3v) is 4.57. The van der Waals surface area contributed by atoms with Crippen LogP contribution in [-0.2, 0) is 17.8 Å². The molecule has 1 rings (SSSR count). The number of aliphatic carboxylic acids is 1. The highest BCUT2D eigenvalue weighted by atomic mass is 16.4. The summed E-state index contributed by atoms with van der Waals surface area (Å²) >= 11 is 0. The minimum absolute atomic E-state index is 0.972. The Kier molecular flexibility index (Phi) is 17.4. The number of hydrogen-bond acceptors (Lipinski definition) is 2. The van der Waals surface area contributed by atoms with Crippen LogP contribution in [-0.4, -0.2) is 5.97 Å². The van der Waals surface area contributed by atoms with Crippen molar-refractivity contribution in [3.8, 4) is 0 Å². The average Bonchev–Trinajstić information content (AvgIpc) is 2.62. The molecule has 0 bridgehead atoms. The SMILES string of the molecule is CC(=O)[O-].CCCCCCCCCCCC[n+]1ccccc1CCCC. The summed E-state index contributed by atoms with van der Waals surface area (Å²) in [6, 6.07) is 6.65. The topological polar surface area (TPSA) is 44.0 Å². The largest absolute Gasteiger partial charge is 0.550 e. The molecule has 1 heterocycles. The first kappa shape index (κ1) is 24.6. The van der Waals surface area contributed by atoms with Gasteiger partial charge in [-0.1, -0.05) is 77.7 Å². The first-order valence-corrected chi connectivity index (χ1v) is 10.8. The van der Waals surface area contributed by atoms with Gasteiger partial charge < -0.3 is 9.90 Å². The minimum atomic E-state index is -1.08. The molecule has 1 aromatic rings. The molecule has 3 heteroatoms. The van der Waals surface area contributed by atoms with E-state index in [1.54, 1.807) is 0 Å². The first-order valence-electron chi connectivity index (χ1n) is 10.8. The molecule has 0 unspecified atom stereocenters. The second-order valence-corrected chi connectivity index (χ2v) is 7.16. The van der Waals surface area contributed by atoms with Gasteiger partial charge in [0.2, 0.25) is 0 Å². The fourth-order valence-corrected chi connectivity index (χ4v) is 3.08. The van der Waals surface area contributed by atoms with Gasteiger partial charge in [-0.05, 0) is 19.8 Å². The molecule has 0 aliphatic rings. The lowest BCUT2D eigenvalue weighted by atomic mass is 10.1. The number of unbranched alkanes of at least 4 members (excludes halogenated alkanes) is 10. The number of carboxylic acid groups (broad SMARTS) is 1. The van der Waals surface area contributed by atoms with E-state index in [4.69, 9.17) is 9.90 Å². The zero-order valence-electron chi connectivity index (χ0n) is 17.5. The monoisotopic (exact) mass is 363 g/mol. The second-order valence-electron chi connectivity index (χ2n) is 7.16. The number of hydrogen-bond donors (Lipinski definition) is 0. The van der Waals surface area contributed by atoms with Gasteiger partial charge in [-0.3, -0.25) is 0 Å². The van der Waals surface area contributed by atoms with E-state index in [0.29, 0.717) is 0 Å². The Hall–Kier alpha value is -1.38. The molecule has 0 aliphatic carbocycles. The van der Waals surface area contributed by atoms with Crippen LogP contribution in [0.3, 0.4) is 0 Å². The smallest absolute Gasteiger partial charge is 0.181 e. The van der Waals surface area contributed by atoms with E-state index in [1.165, 1.54) is 95.7 Å². The van der Waals surface area contributed by atoms with Gasteiger partial charge in [-0.15, -0.1) is 0 Å². The van der Waals surface area contributed by atoms with Crippen molar-refractivity contribution >= 4 is 5.97 Å².